The van der Waals surface area contributed by atoms with Crippen LogP contribution >= 0.6 is 11.3 Å². The van der Waals surface area contributed by atoms with Gasteiger partial charge in [-0.05, 0) is 43.5 Å². The molecule has 0 radical (unpaired) electrons. The highest BCUT2D eigenvalue weighted by Gasteiger charge is 2.12. The van der Waals surface area contributed by atoms with E-state index in [1.807, 2.05) is 19.3 Å². The number of aryl methyl sites for hydroxylation is 3. The van der Waals surface area contributed by atoms with Crippen LogP contribution in [0.5, 0.6) is 0 Å². The molecule has 0 fully saturated rings. The number of pyridine rings is 1. The van der Waals surface area contributed by atoms with Crippen molar-refractivity contribution in [3.8, 4) is 0 Å². The lowest BCUT2D eigenvalue weighted by molar-refractivity contribution is 0.880. The van der Waals surface area contributed by atoms with Crippen molar-refractivity contribution in [2.75, 3.05) is 0 Å². The third kappa shape index (κ3) is 2.15. The Morgan fingerprint density at radius 1 is 1.19 bits per heavy atom. The molecule has 2 rings (SSSR count). The molecular weight excluding hydrogens is 216 g/mol. The van der Waals surface area contributed by atoms with Crippen molar-refractivity contribution in [3.05, 3.63) is 51.0 Å². The fourth-order valence-electron chi connectivity index (χ4n) is 1.67. The summed E-state index contributed by atoms with van der Waals surface area (Å²) in [6.07, 6.45) is 3.70. The summed E-state index contributed by atoms with van der Waals surface area (Å²) in [6.45, 7) is 6.29. The van der Waals surface area contributed by atoms with Crippen LogP contribution in [0, 0.1) is 20.8 Å². The average molecular weight is 232 g/mol. The van der Waals surface area contributed by atoms with E-state index in [0.29, 0.717) is 0 Å². The summed E-state index contributed by atoms with van der Waals surface area (Å²) in [6, 6.07) is 4.22. The van der Waals surface area contributed by atoms with E-state index in [1.165, 1.54) is 15.3 Å². The molecular formula is C13H16N2S. The number of hydrogen-bond donors (Lipinski definition) is 1. The highest BCUT2D eigenvalue weighted by Crippen LogP contribution is 2.28. The number of nitrogens with two attached hydrogens (primary N) is 1. The number of aromatic nitrogens is 1. The van der Waals surface area contributed by atoms with Crippen LogP contribution in [0.1, 0.15) is 32.5 Å². The van der Waals surface area contributed by atoms with Crippen molar-refractivity contribution in [1.82, 2.24) is 4.98 Å². The van der Waals surface area contributed by atoms with Gasteiger partial charge in [0, 0.05) is 22.1 Å². The van der Waals surface area contributed by atoms with Gasteiger partial charge in [0.05, 0.1) is 6.04 Å². The first kappa shape index (κ1) is 11.3. The van der Waals surface area contributed by atoms with Gasteiger partial charge in [0.15, 0.2) is 0 Å². The Hall–Kier alpha value is -1.19. The molecule has 0 bridgehead atoms. The Kier molecular flexibility index (Phi) is 3.08. The van der Waals surface area contributed by atoms with Crippen LogP contribution in [-0.2, 0) is 0 Å². The summed E-state index contributed by atoms with van der Waals surface area (Å²) in [4.78, 5) is 6.73. The molecule has 3 heteroatoms. The molecule has 0 aromatic carbocycles. The second-order valence-corrected chi connectivity index (χ2v) is 5.45. The number of rotatable bonds is 2. The summed E-state index contributed by atoms with van der Waals surface area (Å²) in [7, 11) is 0. The maximum atomic E-state index is 6.24. The number of nitrogens with zero attached hydrogens (tertiary/aromatic N) is 1. The van der Waals surface area contributed by atoms with Gasteiger partial charge in [0.2, 0.25) is 0 Å². The summed E-state index contributed by atoms with van der Waals surface area (Å²) in [5.41, 5.74) is 9.79. The quantitative estimate of drug-likeness (QED) is 0.864. The van der Waals surface area contributed by atoms with E-state index in [0.717, 1.165) is 11.1 Å². The van der Waals surface area contributed by atoms with Gasteiger partial charge in [-0.1, -0.05) is 6.07 Å². The van der Waals surface area contributed by atoms with Gasteiger partial charge in [-0.2, -0.15) is 0 Å². The predicted molar refractivity (Wildman–Crippen MR) is 68.8 cm³/mol. The van der Waals surface area contributed by atoms with Crippen LogP contribution in [0.4, 0.5) is 0 Å². The Labute approximate surface area is 100 Å². The summed E-state index contributed by atoms with van der Waals surface area (Å²) in [5.74, 6) is 0. The highest BCUT2D eigenvalue weighted by atomic mass is 32.1. The van der Waals surface area contributed by atoms with Crippen LogP contribution in [0.25, 0.3) is 0 Å². The zero-order valence-electron chi connectivity index (χ0n) is 9.82. The molecule has 2 aromatic rings. The molecule has 2 heterocycles. The molecule has 84 valence electrons. The maximum Gasteiger partial charge on any atom is 0.0661 e. The van der Waals surface area contributed by atoms with Crippen molar-refractivity contribution < 1.29 is 0 Å². The first-order chi connectivity index (χ1) is 7.58. The molecule has 0 aliphatic heterocycles. The van der Waals surface area contributed by atoms with Gasteiger partial charge in [-0.3, -0.25) is 4.98 Å². The molecule has 0 spiro atoms. The minimum atomic E-state index is -0.0511. The molecule has 2 N–H and O–H groups in total. The van der Waals surface area contributed by atoms with Crippen LogP contribution in [0.3, 0.4) is 0 Å². The minimum absolute atomic E-state index is 0.0511. The SMILES string of the molecule is Cc1cncc(C(N)c2cc(C)c(C)s2)c1. The normalized spacial score (nSPS) is 12.8. The van der Waals surface area contributed by atoms with Gasteiger partial charge in [-0.25, -0.2) is 0 Å². The van der Waals surface area contributed by atoms with Crippen molar-refractivity contribution in [1.29, 1.82) is 0 Å². The molecule has 1 unspecified atom stereocenters. The van der Waals surface area contributed by atoms with E-state index >= 15 is 0 Å². The second kappa shape index (κ2) is 4.36. The molecule has 0 saturated carbocycles. The van der Waals surface area contributed by atoms with E-state index in [2.05, 4.69) is 31.0 Å². The maximum absolute atomic E-state index is 6.24. The molecule has 2 nitrogen and oxygen atoms in total. The molecule has 0 amide bonds. The van der Waals surface area contributed by atoms with Crippen molar-refractivity contribution in [3.63, 3.8) is 0 Å². The molecule has 2 aromatic heterocycles. The van der Waals surface area contributed by atoms with Gasteiger partial charge >= 0.3 is 0 Å². The molecule has 1 atom stereocenters. The average Bonchev–Trinajstić information content (AvgIpc) is 2.58. The van der Waals surface area contributed by atoms with E-state index in [9.17, 15) is 0 Å². The summed E-state index contributed by atoms with van der Waals surface area (Å²) < 4.78 is 0. The van der Waals surface area contributed by atoms with Crippen LogP contribution in [0.15, 0.2) is 24.5 Å². The minimum Gasteiger partial charge on any atom is -0.320 e. The van der Waals surface area contributed by atoms with E-state index < -0.39 is 0 Å². The zero-order chi connectivity index (χ0) is 11.7. The Balaban J connectivity index is 2.35. The monoisotopic (exact) mass is 232 g/mol. The van der Waals surface area contributed by atoms with Crippen LogP contribution in [0.2, 0.25) is 0 Å². The van der Waals surface area contributed by atoms with Gasteiger partial charge < -0.3 is 5.73 Å². The zero-order valence-corrected chi connectivity index (χ0v) is 10.6. The molecule has 0 saturated heterocycles. The summed E-state index contributed by atoms with van der Waals surface area (Å²) >= 11 is 1.77. The fourth-order valence-corrected chi connectivity index (χ4v) is 2.74. The largest absolute Gasteiger partial charge is 0.320 e. The van der Waals surface area contributed by atoms with Crippen LogP contribution < -0.4 is 5.73 Å². The molecule has 0 aliphatic carbocycles. The lowest BCUT2D eigenvalue weighted by atomic mass is 10.1. The lowest BCUT2D eigenvalue weighted by Crippen LogP contribution is -2.10. The summed E-state index contributed by atoms with van der Waals surface area (Å²) in [5, 5.41) is 0. The third-order valence-corrected chi connectivity index (χ3v) is 3.98. The van der Waals surface area contributed by atoms with E-state index in [1.54, 1.807) is 11.3 Å². The number of hydrogen-bond acceptors (Lipinski definition) is 3. The fraction of sp³-hybridized carbons (Fsp3) is 0.308. The Morgan fingerprint density at radius 2 is 1.94 bits per heavy atom. The van der Waals surface area contributed by atoms with Crippen molar-refractivity contribution >= 4 is 11.3 Å². The van der Waals surface area contributed by atoms with Crippen LogP contribution in [-0.4, -0.2) is 4.98 Å². The standard InChI is InChI=1S/C13H16N2S/c1-8-4-11(7-15-6-8)13(14)12-5-9(2)10(3)16-12/h4-7,13H,14H2,1-3H3. The third-order valence-electron chi connectivity index (χ3n) is 2.75. The second-order valence-electron chi connectivity index (χ2n) is 4.16. The smallest absolute Gasteiger partial charge is 0.0661 e. The Bertz CT molecular complexity index is 483. The van der Waals surface area contributed by atoms with E-state index in [-0.39, 0.29) is 6.04 Å². The van der Waals surface area contributed by atoms with Gasteiger partial charge in [0.25, 0.3) is 0 Å². The topological polar surface area (TPSA) is 38.9 Å². The molecule has 0 aliphatic rings. The first-order valence-electron chi connectivity index (χ1n) is 5.32. The van der Waals surface area contributed by atoms with Gasteiger partial charge in [-0.15, -0.1) is 11.3 Å². The predicted octanol–water partition coefficient (Wildman–Crippen LogP) is 3.12. The Morgan fingerprint density at radius 3 is 2.50 bits per heavy atom. The van der Waals surface area contributed by atoms with E-state index in [4.69, 9.17) is 5.73 Å². The van der Waals surface area contributed by atoms with Crippen molar-refractivity contribution in [2.45, 2.75) is 26.8 Å². The first-order valence-corrected chi connectivity index (χ1v) is 6.13. The lowest BCUT2D eigenvalue weighted by Gasteiger charge is -2.09. The van der Waals surface area contributed by atoms with Crippen molar-refractivity contribution in [2.24, 2.45) is 5.73 Å². The molecule has 16 heavy (non-hydrogen) atoms. The van der Waals surface area contributed by atoms with Gasteiger partial charge in [0.1, 0.15) is 0 Å². The highest BCUT2D eigenvalue weighted by molar-refractivity contribution is 7.12. The number of thiophene rings is 1.